The largest absolute Gasteiger partial charge is 0.459 e. The summed E-state index contributed by atoms with van der Waals surface area (Å²) in [6.07, 6.45) is 8.84. The number of ether oxygens (including phenoxy) is 1. The van der Waals surface area contributed by atoms with Crippen LogP contribution in [0.4, 0.5) is 0 Å². The van der Waals surface area contributed by atoms with E-state index < -0.39 is 12.2 Å². The predicted molar refractivity (Wildman–Crippen MR) is 114 cm³/mol. The van der Waals surface area contributed by atoms with Gasteiger partial charge in [0, 0.05) is 12.3 Å². The highest BCUT2D eigenvalue weighted by Gasteiger charge is 2.28. The molecule has 164 valence electrons. The van der Waals surface area contributed by atoms with Crippen LogP contribution in [-0.4, -0.2) is 29.1 Å². The number of hydrogen-bond acceptors (Lipinski definition) is 4. The molecule has 1 aliphatic heterocycles. The molecule has 1 aliphatic rings. The van der Waals surface area contributed by atoms with Crippen molar-refractivity contribution in [1.82, 2.24) is 0 Å². The van der Waals surface area contributed by atoms with Crippen LogP contribution in [0, 0.1) is 23.7 Å². The molecule has 0 amide bonds. The molecule has 28 heavy (non-hydrogen) atoms. The molecule has 4 nitrogen and oxygen atoms in total. The third kappa shape index (κ3) is 9.54. The number of rotatable bonds is 8. The molecular formula is C24H44O4. The molecule has 1 fully saturated rings. The van der Waals surface area contributed by atoms with Crippen molar-refractivity contribution < 1.29 is 19.4 Å². The lowest BCUT2D eigenvalue weighted by atomic mass is 9.87. The Hall–Kier alpha value is -0.900. The molecule has 1 rings (SSSR count). The normalized spacial score (nSPS) is 28.6. The number of esters is 1. The van der Waals surface area contributed by atoms with E-state index in [1.54, 1.807) is 0 Å². The van der Waals surface area contributed by atoms with Crippen molar-refractivity contribution in [3.05, 3.63) is 0 Å². The number of carbonyl (C=O) groups is 2. The second-order valence-corrected chi connectivity index (χ2v) is 9.46. The van der Waals surface area contributed by atoms with Crippen LogP contribution in [-0.2, 0) is 14.3 Å². The maximum Gasteiger partial charge on any atom is 0.309 e. The molecule has 6 atom stereocenters. The fraction of sp³-hybridized carbons (Fsp3) is 0.917. The first-order chi connectivity index (χ1) is 13.2. The van der Waals surface area contributed by atoms with E-state index >= 15 is 0 Å². The van der Waals surface area contributed by atoms with Crippen molar-refractivity contribution >= 4 is 11.8 Å². The Morgan fingerprint density at radius 1 is 1.00 bits per heavy atom. The molecule has 0 bridgehead atoms. The Morgan fingerprint density at radius 2 is 1.68 bits per heavy atom. The summed E-state index contributed by atoms with van der Waals surface area (Å²) in [4.78, 5) is 24.6. The van der Waals surface area contributed by atoms with Crippen molar-refractivity contribution in [2.45, 2.75) is 117 Å². The number of Topliss-reactive ketones (excluding diaryl/α,β-unsaturated/α-hetero) is 1. The average Bonchev–Trinajstić information content (AvgIpc) is 2.64. The quantitative estimate of drug-likeness (QED) is 0.535. The van der Waals surface area contributed by atoms with Crippen molar-refractivity contribution in [2.75, 3.05) is 0 Å². The lowest BCUT2D eigenvalue weighted by Crippen LogP contribution is -2.35. The first kappa shape index (κ1) is 25.1. The van der Waals surface area contributed by atoms with Crippen LogP contribution in [0.15, 0.2) is 0 Å². The Balaban J connectivity index is 2.63. The van der Waals surface area contributed by atoms with E-state index in [4.69, 9.17) is 4.74 Å². The molecule has 0 aromatic carbocycles. The summed E-state index contributed by atoms with van der Waals surface area (Å²) in [7, 11) is 0. The fourth-order valence-corrected chi connectivity index (χ4v) is 4.29. The molecule has 1 N–H and O–H groups in total. The van der Waals surface area contributed by atoms with E-state index in [9.17, 15) is 14.7 Å². The summed E-state index contributed by atoms with van der Waals surface area (Å²) in [5, 5.41) is 10.8. The smallest absolute Gasteiger partial charge is 0.309 e. The van der Waals surface area contributed by atoms with Gasteiger partial charge in [0.15, 0.2) is 0 Å². The van der Waals surface area contributed by atoms with E-state index in [1.807, 2.05) is 13.8 Å². The van der Waals surface area contributed by atoms with E-state index in [0.29, 0.717) is 37.5 Å². The maximum atomic E-state index is 12.5. The molecule has 1 saturated heterocycles. The number of aliphatic hydroxyl groups excluding tert-OH is 1. The van der Waals surface area contributed by atoms with Crippen LogP contribution in [0.25, 0.3) is 0 Å². The molecule has 0 saturated carbocycles. The Labute approximate surface area is 172 Å². The van der Waals surface area contributed by atoms with Gasteiger partial charge in [0.05, 0.1) is 12.0 Å². The van der Waals surface area contributed by atoms with E-state index in [1.165, 1.54) is 19.3 Å². The van der Waals surface area contributed by atoms with Gasteiger partial charge in [0.25, 0.3) is 0 Å². The summed E-state index contributed by atoms with van der Waals surface area (Å²) in [5.74, 6) is 0.835. The predicted octanol–water partition coefficient (Wildman–Crippen LogP) is 5.70. The third-order valence-electron chi connectivity index (χ3n) is 6.35. The van der Waals surface area contributed by atoms with E-state index in [-0.39, 0.29) is 23.6 Å². The van der Waals surface area contributed by atoms with Crippen LogP contribution in [0.1, 0.15) is 105 Å². The number of unbranched alkanes of at least 4 members (excludes halogenated alkanes) is 1. The fourth-order valence-electron chi connectivity index (χ4n) is 4.29. The number of aliphatic hydroxyl groups is 1. The van der Waals surface area contributed by atoms with Gasteiger partial charge in [-0.1, -0.05) is 60.3 Å². The molecule has 4 heteroatoms. The zero-order chi connectivity index (χ0) is 21.1. The van der Waals surface area contributed by atoms with Gasteiger partial charge >= 0.3 is 5.97 Å². The van der Waals surface area contributed by atoms with E-state index in [0.717, 1.165) is 25.7 Å². The van der Waals surface area contributed by atoms with Crippen LogP contribution in [0.3, 0.4) is 0 Å². The highest BCUT2D eigenvalue weighted by Crippen LogP contribution is 2.26. The van der Waals surface area contributed by atoms with Gasteiger partial charge < -0.3 is 9.84 Å². The zero-order valence-electron chi connectivity index (χ0n) is 18.9. The Kier molecular flexibility index (Phi) is 12.0. The first-order valence-electron chi connectivity index (χ1n) is 11.7. The summed E-state index contributed by atoms with van der Waals surface area (Å²) >= 11 is 0. The van der Waals surface area contributed by atoms with Crippen LogP contribution in [0.5, 0.6) is 0 Å². The van der Waals surface area contributed by atoms with Gasteiger partial charge in [-0.15, -0.1) is 0 Å². The minimum atomic E-state index is -0.605. The lowest BCUT2D eigenvalue weighted by Gasteiger charge is -2.28. The summed E-state index contributed by atoms with van der Waals surface area (Å²) < 4.78 is 5.73. The first-order valence-corrected chi connectivity index (χ1v) is 11.7. The van der Waals surface area contributed by atoms with Crippen LogP contribution >= 0.6 is 0 Å². The van der Waals surface area contributed by atoms with E-state index in [2.05, 4.69) is 20.8 Å². The SMILES string of the molecule is CCCCC(C)C[C@H](C)C[C@H](O)[C@@H]1CCCC[C@H](C)C(=O)CC[C@H](C)C(=O)O1. The Morgan fingerprint density at radius 3 is 2.36 bits per heavy atom. The molecule has 1 heterocycles. The second kappa shape index (κ2) is 13.3. The standard InChI is InChI=1S/C24H44O4/c1-6-7-10-17(2)15-18(3)16-22(26)23-12-9-8-11-19(4)21(25)14-13-20(5)24(27)28-23/h17-20,22-23,26H,6-16H2,1-5H3/t17?,18-,19-,20-,22-,23-/m0/s1. The maximum absolute atomic E-state index is 12.5. The van der Waals surface area contributed by atoms with Crippen molar-refractivity contribution in [3.63, 3.8) is 0 Å². The molecule has 0 spiro atoms. The monoisotopic (exact) mass is 396 g/mol. The van der Waals surface area contributed by atoms with Crippen LogP contribution in [0.2, 0.25) is 0 Å². The highest BCUT2D eigenvalue weighted by molar-refractivity contribution is 5.81. The summed E-state index contributed by atoms with van der Waals surface area (Å²) in [5.41, 5.74) is 0. The summed E-state index contributed by atoms with van der Waals surface area (Å²) in [6.45, 7) is 10.5. The molecular weight excluding hydrogens is 352 g/mol. The van der Waals surface area contributed by atoms with Crippen molar-refractivity contribution in [2.24, 2.45) is 23.7 Å². The Bertz CT molecular complexity index is 462. The molecule has 0 aliphatic carbocycles. The highest BCUT2D eigenvalue weighted by atomic mass is 16.6. The average molecular weight is 397 g/mol. The summed E-state index contributed by atoms with van der Waals surface area (Å²) in [6, 6.07) is 0. The van der Waals surface area contributed by atoms with Gasteiger partial charge in [-0.2, -0.15) is 0 Å². The van der Waals surface area contributed by atoms with Crippen molar-refractivity contribution in [1.29, 1.82) is 0 Å². The molecule has 0 aromatic rings. The molecule has 1 unspecified atom stereocenters. The number of cyclic esters (lactones) is 1. The zero-order valence-corrected chi connectivity index (χ0v) is 18.9. The second-order valence-electron chi connectivity index (χ2n) is 9.46. The molecule has 0 radical (unpaired) electrons. The topological polar surface area (TPSA) is 63.6 Å². The number of hydrogen-bond donors (Lipinski definition) is 1. The third-order valence-corrected chi connectivity index (χ3v) is 6.35. The van der Waals surface area contributed by atoms with Gasteiger partial charge in [0.1, 0.15) is 11.9 Å². The lowest BCUT2D eigenvalue weighted by molar-refractivity contribution is -0.161. The minimum absolute atomic E-state index is 0.0654. The number of carbonyl (C=O) groups excluding carboxylic acids is 2. The molecule has 0 aromatic heterocycles. The van der Waals surface area contributed by atoms with Gasteiger partial charge in [-0.05, 0) is 50.4 Å². The number of ketones is 1. The minimum Gasteiger partial charge on any atom is -0.459 e. The van der Waals surface area contributed by atoms with Gasteiger partial charge in [-0.3, -0.25) is 9.59 Å². The van der Waals surface area contributed by atoms with Crippen LogP contribution < -0.4 is 0 Å². The van der Waals surface area contributed by atoms with Crippen molar-refractivity contribution in [3.8, 4) is 0 Å². The van der Waals surface area contributed by atoms with Gasteiger partial charge in [0.2, 0.25) is 0 Å². The van der Waals surface area contributed by atoms with Gasteiger partial charge in [-0.25, -0.2) is 0 Å².